The van der Waals surface area contributed by atoms with Gasteiger partial charge in [0.05, 0.1) is 19.6 Å². The Labute approximate surface area is 90.7 Å². The van der Waals surface area contributed by atoms with Gasteiger partial charge in [-0.05, 0) is 11.6 Å². The van der Waals surface area contributed by atoms with Gasteiger partial charge in [-0.2, -0.15) is 10.5 Å². The molecule has 0 aliphatic rings. The van der Waals surface area contributed by atoms with Crippen LogP contribution in [0.5, 0.6) is 5.88 Å². The van der Waals surface area contributed by atoms with Gasteiger partial charge in [0.1, 0.15) is 17.3 Å². The summed E-state index contributed by atoms with van der Waals surface area (Å²) in [6, 6.07) is 4.72. The van der Waals surface area contributed by atoms with E-state index in [0.29, 0.717) is 0 Å². The molecule has 1 aromatic rings. The van der Waals surface area contributed by atoms with Crippen molar-refractivity contribution >= 4 is 0 Å². The number of nitrogens with zero attached hydrogens (tertiary/aromatic N) is 3. The van der Waals surface area contributed by atoms with Gasteiger partial charge in [0.15, 0.2) is 0 Å². The molecule has 4 nitrogen and oxygen atoms in total. The molecule has 0 unspecified atom stereocenters. The van der Waals surface area contributed by atoms with E-state index in [2.05, 4.69) is 4.98 Å². The standard InChI is InChI=1S/C10H7F2N3O/c1-16-10-7(5-14)4-6(2-3-13)8(15-10)9(11)12/h4,9H,2H2,1H3. The van der Waals surface area contributed by atoms with E-state index in [1.807, 2.05) is 0 Å². The molecule has 0 aromatic carbocycles. The molecule has 16 heavy (non-hydrogen) atoms. The first-order valence-corrected chi connectivity index (χ1v) is 4.27. The lowest BCUT2D eigenvalue weighted by Gasteiger charge is -2.08. The summed E-state index contributed by atoms with van der Waals surface area (Å²) < 4.78 is 29.9. The highest BCUT2D eigenvalue weighted by Crippen LogP contribution is 2.26. The summed E-state index contributed by atoms with van der Waals surface area (Å²) in [5, 5.41) is 17.2. The first kappa shape index (κ1) is 11.9. The van der Waals surface area contributed by atoms with Crippen molar-refractivity contribution in [2.75, 3.05) is 7.11 Å². The topological polar surface area (TPSA) is 69.7 Å². The number of ether oxygens (including phenoxy) is 1. The molecule has 0 fully saturated rings. The van der Waals surface area contributed by atoms with Crippen LogP contribution < -0.4 is 4.74 Å². The Balaban J connectivity index is 3.38. The van der Waals surface area contributed by atoms with Crippen molar-refractivity contribution in [1.29, 1.82) is 10.5 Å². The maximum Gasteiger partial charge on any atom is 0.280 e. The van der Waals surface area contributed by atoms with Crippen LogP contribution in [0.3, 0.4) is 0 Å². The lowest BCUT2D eigenvalue weighted by molar-refractivity contribution is 0.144. The minimum Gasteiger partial charge on any atom is -0.480 e. The molecule has 0 saturated heterocycles. The van der Waals surface area contributed by atoms with Crippen LogP contribution in [0.2, 0.25) is 0 Å². The molecular formula is C10H7F2N3O. The van der Waals surface area contributed by atoms with Crippen molar-refractivity contribution in [2.24, 2.45) is 0 Å². The summed E-state index contributed by atoms with van der Waals surface area (Å²) in [4.78, 5) is 3.53. The van der Waals surface area contributed by atoms with Gasteiger partial charge in [0.25, 0.3) is 6.43 Å². The van der Waals surface area contributed by atoms with Crippen molar-refractivity contribution in [2.45, 2.75) is 12.8 Å². The number of hydrogen-bond donors (Lipinski definition) is 0. The third-order valence-corrected chi connectivity index (χ3v) is 1.89. The van der Waals surface area contributed by atoms with Gasteiger partial charge in [-0.15, -0.1) is 0 Å². The highest BCUT2D eigenvalue weighted by Gasteiger charge is 2.18. The van der Waals surface area contributed by atoms with E-state index >= 15 is 0 Å². The second-order valence-corrected chi connectivity index (χ2v) is 2.84. The van der Waals surface area contributed by atoms with Crippen molar-refractivity contribution in [3.8, 4) is 18.0 Å². The largest absolute Gasteiger partial charge is 0.480 e. The molecule has 0 aliphatic carbocycles. The van der Waals surface area contributed by atoms with E-state index in [1.54, 1.807) is 12.1 Å². The summed E-state index contributed by atoms with van der Waals surface area (Å²) in [7, 11) is 1.24. The van der Waals surface area contributed by atoms with Crippen molar-refractivity contribution in [3.05, 3.63) is 22.9 Å². The van der Waals surface area contributed by atoms with Gasteiger partial charge < -0.3 is 4.74 Å². The number of hydrogen-bond acceptors (Lipinski definition) is 4. The Morgan fingerprint density at radius 3 is 2.62 bits per heavy atom. The molecule has 0 aliphatic heterocycles. The summed E-state index contributed by atoms with van der Waals surface area (Å²) in [5.41, 5.74) is -0.426. The fraction of sp³-hybridized carbons (Fsp3) is 0.300. The number of alkyl halides is 2. The molecule has 1 aromatic heterocycles. The minimum atomic E-state index is -2.80. The normalized spacial score (nSPS) is 9.62. The second kappa shape index (κ2) is 5.04. The lowest BCUT2D eigenvalue weighted by Crippen LogP contribution is -2.03. The third-order valence-electron chi connectivity index (χ3n) is 1.89. The first-order valence-electron chi connectivity index (χ1n) is 4.27. The number of rotatable bonds is 3. The Morgan fingerprint density at radius 2 is 2.19 bits per heavy atom. The number of halogens is 2. The predicted octanol–water partition coefficient (Wildman–Crippen LogP) is 1.97. The smallest absolute Gasteiger partial charge is 0.280 e. The Kier molecular flexibility index (Phi) is 3.73. The summed E-state index contributed by atoms with van der Waals surface area (Å²) >= 11 is 0. The molecule has 1 heterocycles. The van der Waals surface area contributed by atoms with Crippen LogP contribution in [-0.4, -0.2) is 12.1 Å². The molecule has 1 rings (SSSR count). The monoisotopic (exact) mass is 223 g/mol. The third kappa shape index (κ3) is 2.23. The highest BCUT2D eigenvalue weighted by molar-refractivity contribution is 5.43. The Morgan fingerprint density at radius 1 is 1.50 bits per heavy atom. The van der Waals surface area contributed by atoms with Crippen LogP contribution in [0, 0.1) is 22.7 Å². The molecule has 6 heteroatoms. The summed E-state index contributed by atoms with van der Waals surface area (Å²) in [6.07, 6.45) is -3.02. The van der Waals surface area contributed by atoms with E-state index in [-0.39, 0.29) is 23.4 Å². The van der Waals surface area contributed by atoms with Crippen LogP contribution in [0.4, 0.5) is 8.78 Å². The molecule has 0 bridgehead atoms. The van der Waals surface area contributed by atoms with Gasteiger partial charge in [0.2, 0.25) is 5.88 Å². The fourth-order valence-electron chi connectivity index (χ4n) is 1.20. The molecule has 0 saturated carbocycles. The molecule has 0 spiro atoms. The molecule has 0 atom stereocenters. The van der Waals surface area contributed by atoms with Gasteiger partial charge in [-0.1, -0.05) is 0 Å². The van der Waals surface area contributed by atoms with E-state index in [9.17, 15) is 8.78 Å². The van der Waals surface area contributed by atoms with E-state index in [1.165, 1.54) is 13.2 Å². The number of pyridine rings is 1. The zero-order valence-corrected chi connectivity index (χ0v) is 8.37. The predicted molar refractivity (Wildman–Crippen MR) is 49.8 cm³/mol. The van der Waals surface area contributed by atoms with Crippen LogP contribution in [0.1, 0.15) is 23.2 Å². The van der Waals surface area contributed by atoms with Crippen LogP contribution in [0.25, 0.3) is 0 Å². The number of nitriles is 2. The summed E-state index contributed by atoms with van der Waals surface area (Å²) in [6.45, 7) is 0. The van der Waals surface area contributed by atoms with E-state index in [0.717, 1.165) is 0 Å². The quantitative estimate of drug-likeness (QED) is 0.785. The van der Waals surface area contributed by atoms with Crippen molar-refractivity contribution in [1.82, 2.24) is 4.98 Å². The molecular weight excluding hydrogens is 216 g/mol. The second-order valence-electron chi connectivity index (χ2n) is 2.84. The van der Waals surface area contributed by atoms with Gasteiger partial charge in [-0.3, -0.25) is 0 Å². The average molecular weight is 223 g/mol. The van der Waals surface area contributed by atoms with E-state index < -0.39 is 12.1 Å². The van der Waals surface area contributed by atoms with Crippen LogP contribution >= 0.6 is 0 Å². The lowest BCUT2D eigenvalue weighted by atomic mass is 10.1. The SMILES string of the molecule is COc1nc(C(F)F)c(CC#N)cc1C#N. The van der Waals surface area contributed by atoms with Crippen LogP contribution in [-0.2, 0) is 6.42 Å². The summed E-state index contributed by atoms with van der Waals surface area (Å²) in [5.74, 6) is -0.153. The van der Waals surface area contributed by atoms with Gasteiger partial charge >= 0.3 is 0 Å². The Hall–Kier alpha value is -2.21. The molecule has 0 radical (unpaired) electrons. The van der Waals surface area contributed by atoms with E-state index in [4.69, 9.17) is 15.3 Å². The van der Waals surface area contributed by atoms with Gasteiger partial charge in [0, 0.05) is 0 Å². The van der Waals surface area contributed by atoms with Gasteiger partial charge in [-0.25, -0.2) is 13.8 Å². The molecule has 0 amide bonds. The molecule has 0 N–H and O–H groups in total. The average Bonchev–Trinajstić information content (AvgIpc) is 2.28. The van der Waals surface area contributed by atoms with Crippen LogP contribution in [0.15, 0.2) is 6.07 Å². The maximum atomic E-state index is 12.6. The first-order chi connectivity index (χ1) is 7.63. The Bertz CT molecular complexity index is 474. The van der Waals surface area contributed by atoms with Crippen molar-refractivity contribution in [3.63, 3.8) is 0 Å². The zero-order chi connectivity index (χ0) is 12.1. The highest BCUT2D eigenvalue weighted by atomic mass is 19.3. The molecule has 82 valence electrons. The fourth-order valence-corrected chi connectivity index (χ4v) is 1.20. The minimum absolute atomic E-state index is 0.0390. The number of aromatic nitrogens is 1. The van der Waals surface area contributed by atoms with Crippen molar-refractivity contribution < 1.29 is 13.5 Å². The number of methoxy groups -OCH3 is 1. The zero-order valence-electron chi connectivity index (χ0n) is 8.37. The maximum absolute atomic E-state index is 12.6.